The Morgan fingerprint density at radius 1 is 1.33 bits per heavy atom. The summed E-state index contributed by atoms with van der Waals surface area (Å²) < 4.78 is 0. The van der Waals surface area contributed by atoms with Crippen molar-refractivity contribution < 1.29 is 0 Å². The molecule has 12 heavy (non-hydrogen) atoms. The molecule has 1 rings (SSSR count). The molecule has 0 saturated heterocycles. The van der Waals surface area contributed by atoms with Crippen LogP contribution in [0.5, 0.6) is 0 Å². The number of hydrogen-bond donors (Lipinski definition) is 2. The summed E-state index contributed by atoms with van der Waals surface area (Å²) in [5, 5.41) is 3.29. The van der Waals surface area contributed by atoms with E-state index in [4.69, 9.17) is 11.3 Å². The van der Waals surface area contributed by atoms with Gasteiger partial charge in [0.25, 0.3) is 0 Å². The van der Waals surface area contributed by atoms with E-state index in [-0.39, 0.29) is 0 Å². The number of nitrogens with zero attached hydrogens (tertiary/aromatic N) is 1. The molecule has 0 radical (unpaired) electrons. The highest BCUT2D eigenvalue weighted by Crippen LogP contribution is 2.24. The van der Waals surface area contributed by atoms with Crippen LogP contribution in [0.1, 0.15) is 19.4 Å². The van der Waals surface area contributed by atoms with Crippen molar-refractivity contribution in [2.75, 3.05) is 5.73 Å². The maximum absolute atomic E-state index is 6.77. The van der Waals surface area contributed by atoms with Gasteiger partial charge < -0.3 is 5.73 Å². The van der Waals surface area contributed by atoms with E-state index in [1.165, 1.54) is 0 Å². The zero-order valence-corrected chi connectivity index (χ0v) is 7.76. The first kappa shape index (κ1) is 10.6. The summed E-state index contributed by atoms with van der Waals surface area (Å²) in [5.74, 6) is 0. The van der Waals surface area contributed by atoms with Crippen molar-refractivity contribution in [1.82, 2.24) is 0 Å². The third-order valence-corrected chi connectivity index (χ3v) is 1.38. The highest BCUT2D eigenvalue weighted by Gasteiger charge is 1.98. The standard InChI is InChI=1S/C7H9N3.C2H6/c1-5-3-2-4-6(8)7(5)10-9;1-2/h2-4,9H,8H2,1H3;1-2H3. The monoisotopic (exact) mass is 165 g/mol. The number of anilines is 1. The second kappa shape index (κ2) is 5.29. The highest BCUT2D eigenvalue weighted by molar-refractivity contribution is 5.65. The molecule has 0 atom stereocenters. The van der Waals surface area contributed by atoms with Gasteiger partial charge in [-0.3, -0.25) is 0 Å². The molecule has 0 spiro atoms. The summed E-state index contributed by atoms with van der Waals surface area (Å²) in [6.07, 6.45) is 0. The molecule has 0 aromatic heterocycles. The molecule has 1 aromatic carbocycles. The van der Waals surface area contributed by atoms with E-state index in [0.29, 0.717) is 11.4 Å². The van der Waals surface area contributed by atoms with E-state index in [1.54, 1.807) is 6.07 Å². The highest BCUT2D eigenvalue weighted by atomic mass is 15.0. The van der Waals surface area contributed by atoms with Crippen LogP contribution in [0.15, 0.2) is 23.3 Å². The second-order valence-corrected chi connectivity index (χ2v) is 2.12. The van der Waals surface area contributed by atoms with E-state index in [0.717, 1.165) is 5.56 Å². The van der Waals surface area contributed by atoms with E-state index in [2.05, 4.69) is 5.11 Å². The van der Waals surface area contributed by atoms with Crippen molar-refractivity contribution in [3.05, 3.63) is 23.8 Å². The van der Waals surface area contributed by atoms with Gasteiger partial charge in [-0.05, 0) is 18.6 Å². The Kier molecular flexibility index (Phi) is 4.69. The molecule has 0 bridgehead atoms. The molecule has 66 valence electrons. The lowest BCUT2D eigenvalue weighted by atomic mass is 10.2. The van der Waals surface area contributed by atoms with Crippen LogP contribution in [0.3, 0.4) is 0 Å². The Bertz CT molecular complexity index is 236. The van der Waals surface area contributed by atoms with Gasteiger partial charge in [-0.25, -0.2) is 5.53 Å². The third kappa shape index (κ3) is 2.34. The molecule has 0 fully saturated rings. The summed E-state index contributed by atoms with van der Waals surface area (Å²) in [6.45, 7) is 5.88. The van der Waals surface area contributed by atoms with Crippen LogP contribution in [-0.4, -0.2) is 0 Å². The van der Waals surface area contributed by atoms with Crippen LogP contribution in [0, 0.1) is 12.5 Å². The lowest BCUT2D eigenvalue weighted by Crippen LogP contribution is -1.85. The molecule has 0 aliphatic rings. The normalized spacial score (nSPS) is 8.25. The van der Waals surface area contributed by atoms with E-state index in [9.17, 15) is 0 Å². The fourth-order valence-corrected chi connectivity index (χ4v) is 0.834. The van der Waals surface area contributed by atoms with Gasteiger partial charge in [0.1, 0.15) is 5.69 Å². The zero-order valence-electron chi connectivity index (χ0n) is 7.76. The van der Waals surface area contributed by atoms with Crippen LogP contribution in [0.4, 0.5) is 11.4 Å². The van der Waals surface area contributed by atoms with Gasteiger partial charge in [0.15, 0.2) is 0 Å². The first-order valence-corrected chi connectivity index (χ1v) is 3.98. The van der Waals surface area contributed by atoms with E-state index >= 15 is 0 Å². The van der Waals surface area contributed by atoms with Crippen molar-refractivity contribution in [3.8, 4) is 0 Å². The fraction of sp³-hybridized carbons (Fsp3) is 0.333. The number of aryl methyl sites for hydroxylation is 1. The summed E-state index contributed by atoms with van der Waals surface area (Å²) >= 11 is 0. The Morgan fingerprint density at radius 3 is 2.25 bits per heavy atom. The third-order valence-electron chi connectivity index (χ3n) is 1.38. The van der Waals surface area contributed by atoms with Gasteiger partial charge in [0.05, 0.1) is 5.69 Å². The maximum atomic E-state index is 6.77. The van der Waals surface area contributed by atoms with E-state index < -0.39 is 0 Å². The Balaban J connectivity index is 0.000000561. The molecular formula is C9H15N3. The Labute approximate surface area is 73.1 Å². The summed E-state index contributed by atoms with van der Waals surface area (Å²) in [7, 11) is 0. The smallest absolute Gasteiger partial charge is 0.111 e. The van der Waals surface area contributed by atoms with Gasteiger partial charge in [-0.1, -0.05) is 26.0 Å². The average Bonchev–Trinajstić information content (AvgIpc) is 2.08. The molecule has 0 amide bonds. The predicted octanol–water partition coefficient (Wildman–Crippen LogP) is 3.27. The van der Waals surface area contributed by atoms with Crippen molar-refractivity contribution in [3.63, 3.8) is 0 Å². The topological polar surface area (TPSA) is 62.2 Å². The summed E-state index contributed by atoms with van der Waals surface area (Å²) in [5.41, 5.74) is 14.4. The van der Waals surface area contributed by atoms with E-state index in [1.807, 2.05) is 32.9 Å². The zero-order chi connectivity index (χ0) is 9.56. The number of hydrogen-bond acceptors (Lipinski definition) is 3. The van der Waals surface area contributed by atoms with Gasteiger partial charge in [-0.15, -0.1) is 0 Å². The average molecular weight is 165 g/mol. The van der Waals surface area contributed by atoms with Crippen LogP contribution in [-0.2, 0) is 0 Å². The minimum absolute atomic E-state index is 0.565. The molecule has 0 unspecified atom stereocenters. The lowest BCUT2D eigenvalue weighted by molar-refractivity contribution is 1.14. The van der Waals surface area contributed by atoms with Gasteiger partial charge in [0, 0.05) is 0 Å². The number of rotatable bonds is 1. The van der Waals surface area contributed by atoms with Gasteiger partial charge in [-0.2, -0.15) is 5.11 Å². The molecule has 3 N–H and O–H groups in total. The van der Waals surface area contributed by atoms with Crippen LogP contribution < -0.4 is 5.73 Å². The van der Waals surface area contributed by atoms with Crippen molar-refractivity contribution >= 4 is 11.4 Å². The largest absolute Gasteiger partial charge is 0.397 e. The molecule has 3 nitrogen and oxygen atoms in total. The maximum Gasteiger partial charge on any atom is 0.111 e. The SMILES string of the molecule is CC.Cc1cccc(N)c1N=N. The molecule has 0 aliphatic heterocycles. The molecule has 0 aliphatic carbocycles. The Hall–Kier alpha value is -1.38. The lowest BCUT2D eigenvalue weighted by Gasteiger charge is -1.99. The van der Waals surface area contributed by atoms with Crippen molar-refractivity contribution in [2.45, 2.75) is 20.8 Å². The fourth-order valence-electron chi connectivity index (χ4n) is 0.834. The predicted molar refractivity (Wildman–Crippen MR) is 51.7 cm³/mol. The molecule has 0 heterocycles. The van der Waals surface area contributed by atoms with Crippen LogP contribution >= 0.6 is 0 Å². The Morgan fingerprint density at radius 2 is 1.92 bits per heavy atom. The molecule has 1 aromatic rings. The quantitative estimate of drug-likeness (QED) is 0.487. The van der Waals surface area contributed by atoms with Crippen LogP contribution in [0.25, 0.3) is 0 Å². The van der Waals surface area contributed by atoms with Crippen LogP contribution in [0.2, 0.25) is 0 Å². The molecular weight excluding hydrogens is 150 g/mol. The molecule has 3 heteroatoms. The number of nitrogen functional groups attached to an aromatic ring is 1. The van der Waals surface area contributed by atoms with Gasteiger partial charge in [0.2, 0.25) is 0 Å². The first-order valence-electron chi connectivity index (χ1n) is 3.98. The molecule has 0 saturated carbocycles. The van der Waals surface area contributed by atoms with Crippen molar-refractivity contribution in [2.24, 2.45) is 5.11 Å². The minimum atomic E-state index is 0.565. The van der Waals surface area contributed by atoms with Crippen molar-refractivity contribution in [1.29, 1.82) is 5.53 Å². The number of nitrogens with two attached hydrogens (primary N) is 1. The number of benzene rings is 1. The summed E-state index contributed by atoms with van der Waals surface area (Å²) in [6, 6.07) is 5.46. The summed E-state index contributed by atoms with van der Waals surface area (Å²) in [4.78, 5) is 0. The van der Waals surface area contributed by atoms with Gasteiger partial charge >= 0.3 is 0 Å². The first-order chi connectivity index (χ1) is 5.75. The second-order valence-electron chi connectivity index (χ2n) is 2.12. The number of para-hydroxylation sites is 1. The number of nitrogens with one attached hydrogen (secondary N) is 1. The minimum Gasteiger partial charge on any atom is -0.397 e.